The largest absolute Gasteiger partial charge is 0.488 e. The molecule has 9 nitrogen and oxygen atoms in total. The number of para-hydroxylation sites is 1. The first kappa shape index (κ1) is 18.6. The molecule has 2 aromatic rings. The minimum Gasteiger partial charge on any atom is -0.488 e. The number of fused-ring (bicyclic) bond motifs is 2. The molecular formula is C20H17N3O6. The highest BCUT2D eigenvalue weighted by atomic mass is 16.6. The molecule has 0 fully saturated rings. The van der Waals surface area contributed by atoms with Gasteiger partial charge in [0.15, 0.2) is 0 Å². The second kappa shape index (κ2) is 7.01. The molecule has 29 heavy (non-hydrogen) atoms. The van der Waals surface area contributed by atoms with Gasteiger partial charge in [-0.1, -0.05) is 24.3 Å². The van der Waals surface area contributed by atoms with Crippen molar-refractivity contribution < 1.29 is 24.0 Å². The van der Waals surface area contributed by atoms with Crippen LogP contribution in [0.15, 0.2) is 42.5 Å². The lowest BCUT2D eigenvalue weighted by molar-refractivity contribution is -0.385. The molecule has 2 unspecified atom stereocenters. The first-order valence-electron chi connectivity index (χ1n) is 9.06. The third-order valence-corrected chi connectivity index (χ3v) is 5.11. The van der Waals surface area contributed by atoms with Crippen LogP contribution in [0.3, 0.4) is 0 Å². The number of nitrogens with one attached hydrogen (secondary N) is 1. The molecule has 0 spiro atoms. The molecule has 4 rings (SSSR count). The van der Waals surface area contributed by atoms with E-state index in [1.807, 2.05) is 24.3 Å². The van der Waals surface area contributed by atoms with E-state index in [4.69, 9.17) is 4.74 Å². The topological polar surface area (TPSA) is 119 Å². The summed E-state index contributed by atoms with van der Waals surface area (Å²) in [7, 11) is 0. The fraction of sp³-hybridized carbons (Fsp3) is 0.250. The number of ether oxygens (including phenoxy) is 1. The Bertz CT molecular complexity index is 1030. The number of carbonyl (C=O) groups excluding carboxylic acids is 3. The SMILES string of the molecule is CC(C(=O)NCC1Cc2ccccc2O1)N1C(=O)c2cccc([N+](=O)[O-])c2C1=O. The van der Waals surface area contributed by atoms with E-state index in [0.717, 1.165) is 22.3 Å². The average Bonchev–Trinajstić information content (AvgIpc) is 3.24. The predicted molar refractivity (Wildman–Crippen MR) is 101 cm³/mol. The molecular weight excluding hydrogens is 378 g/mol. The smallest absolute Gasteiger partial charge is 0.282 e. The number of imide groups is 1. The lowest BCUT2D eigenvalue weighted by atomic mass is 10.1. The summed E-state index contributed by atoms with van der Waals surface area (Å²) in [5.41, 5.74) is 0.246. The van der Waals surface area contributed by atoms with Crippen molar-refractivity contribution >= 4 is 23.4 Å². The van der Waals surface area contributed by atoms with Gasteiger partial charge in [0, 0.05) is 12.5 Å². The van der Waals surface area contributed by atoms with Crippen molar-refractivity contribution in [3.63, 3.8) is 0 Å². The van der Waals surface area contributed by atoms with Gasteiger partial charge in [-0.3, -0.25) is 29.4 Å². The summed E-state index contributed by atoms with van der Waals surface area (Å²) in [6.45, 7) is 1.62. The van der Waals surface area contributed by atoms with Gasteiger partial charge in [0.25, 0.3) is 17.5 Å². The molecule has 2 atom stereocenters. The molecule has 0 aliphatic carbocycles. The third kappa shape index (κ3) is 3.10. The minimum atomic E-state index is -1.12. The van der Waals surface area contributed by atoms with E-state index in [2.05, 4.69) is 5.32 Å². The molecule has 2 aliphatic rings. The second-order valence-electron chi connectivity index (χ2n) is 6.91. The predicted octanol–water partition coefficient (Wildman–Crippen LogP) is 1.70. The molecule has 0 saturated carbocycles. The van der Waals surface area contributed by atoms with Crippen LogP contribution in [0.2, 0.25) is 0 Å². The average molecular weight is 395 g/mol. The molecule has 1 N–H and O–H groups in total. The summed E-state index contributed by atoms with van der Waals surface area (Å²) >= 11 is 0. The van der Waals surface area contributed by atoms with Gasteiger partial charge in [0.2, 0.25) is 5.91 Å². The normalized spacial score (nSPS) is 18.1. The Balaban J connectivity index is 1.44. The molecule has 2 aromatic carbocycles. The van der Waals surface area contributed by atoms with Crippen LogP contribution in [-0.2, 0) is 11.2 Å². The van der Waals surface area contributed by atoms with E-state index in [1.165, 1.54) is 19.1 Å². The molecule has 2 aliphatic heterocycles. The zero-order valence-electron chi connectivity index (χ0n) is 15.5. The Labute approximate surface area is 165 Å². The Kier molecular flexibility index (Phi) is 4.50. The monoisotopic (exact) mass is 395 g/mol. The highest BCUT2D eigenvalue weighted by molar-refractivity contribution is 6.24. The zero-order chi connectivity index (χ0) is 20.7. The molecule has 0 bridgehead atoms. The van der Waals surface area contributed by atoms with Crippen molar-refractivity contribution in [2.75, 3.05) is 6.54 Å². The Morgan fingerprint density at radius 1 is 1.24 bits per heavy atom. The number of carbonyl (C=O) groups is 3. The summed E-state index contributed by atoms with van der Waals surface area (Å²) in [6.07, 6.45) is 0.399. The van der Waals surface area contributed by atoms with Crippen LogP contribution >= 0.6 is 0 Å². The van der Waals surface area contributed by atoms with E-state index in [9.17, 15) is 24.5 Å². The van der Waals surface area contributed by atoms with Gasteiger partial charge in [-0.25, -0.2) is 0 Å². The van der Waals surface area contributed by atoms with E-state index < -0.39 is 34.4 Å². The third-order valence-electron chi connectivity index (χ3n) is 5.11. The van der Waals surface area contributed by atoms with Gasteiger partial charge in [-0.2, -0.15) is 0 Å². The lowest BCUT2D eigenvalue weighted by Crippen LogP contribution is -2.49. The molecule has 2 heterocycles. The van der Waals surface area contributed by atoms with Crippen LogP contribution in [0.25, 0.3) is 0 Å². The Morgan fingerprint density at radius 3 is 2.72 bits per heavy atom. The van der Waals surface area contributed by atoms with Gasteiger partial charge in [-0.15, -0.1) is 0 Å². The number of hydrogen-bond acceptors (Lipinski definition) is 6. The van der Waals surface area contributed by atoms with Gasteiger partial charge >= 0.3 is 0 Å². The van der Waals surface area contributed by atoms with Crippen molar-refractivity contribution in [2.24, 2.45) is 0 Å². The van der Waals surface area contributed by atoms with E-state index in [-0.39, 0.29) is 23.8 Å². The van der Waals surface area contributed by atoms with Crippen molar-refractivity contribution in [1.82, 2.24) is 10.2 Å². The number of amides is 3. The second-order valence-corrected chi connectivity index (χ2v) is 6.91. The summed E-state index contributed by atoms with van der Waals surface area (Å²) < 4.78 is 5.76. The van der Waals surface area contributed by atoms with E-state index in [1.54, 1.807) is 0 Å². The highest BCUT2D eigenvalue weighted by Gasteiger charge is 2.44. The van der Waals surface area contributed by atoms with Crippen LogP contribution in [-0.4, -0.2) is 46.2 Å². The van der Waals surface area contributed by atoms with E-state index in [0.29, 0.717) is 6.42 Å². The molecule has 3 amide bonds. The molecule has 0 aromatic heterocycles. The first-order valence-corrected chi connectivity index (χ1v) is 9.06. The fourth-order valence-electron chi connectivity index (χ4n) is 3.64. The van der Waals surface area contributed by atoms with Crippen LogP contribution in [0.5, 0.6) is 5.75 Å². The van der Waals surface area contributed by atoms with Gasteiger partial charge in [-0.05, 0) is 24.6 Å². The van der Waals surface area contributed by atoms with Crippen LogP contribution in [0.1, 0.15) is 33.2 Å². The highest BCUT2D eigenvalue weighted by Crippen LogP contribution is 2.32. The molecule has 9 heteroatoms. The Hall–Kier alpha value is -3.75. The van der Waals surface area contributed by atoms with Crippen LogP contribution in [0, 0.1) is 10.1 Å². The minimum absolute atomic E-state index is 0.0709. The van der Waals surface area contributed by atoms with Gasteiger partial charge < -0.3 is 10.1 Å². The van der Waals surface area contributed by atoms with Crippen molar-refractivity contribution in [1.29, 1.82) is 0 Å². The maximum Gasteiger partial charge on any atom is 0.282 e. The Morgan fingerprint density at radius 2 is 2.00 bits per heavy atom. The van der Waals surface area contributed by atoms with E-state index >= 15 is 0 Å². The lowest BCUT2D eigenvalue weighted by Gasteiger charge is -2.22. The number of benzene rings is 2. The van der Waals surface area contributed by atoms with Crippen molar-refractivity contribution in [3.8, 4) is 5.75 Å². The standard InChI is InChI=1S/C20H17N3O6/c1-11(18(24)21-10-13-9-12-5-2-3-8-16(12)29-13)22-19(25)14-6-4-7-15(23(27)28)17(14)20(22)26/h2-8,11,13H,9-10H2,1H3,(H,21,24). The molecule has 0 saturated heterocycles. The number of rotatable bonds is 5. The first-order chi connectivity index (χ1) is 13.9. The quantitative estimate of drug-likeness (QED) is 0.468. The number of nitro groups is 1. The number of nitrogens with zero attached hydrogens (tertiary/aromatic N) is 2. The molecule has 0 radical (unpaired) electrons. The van der Waals surface area contributed by atoms with Crippen LogP contribution in [0.4, 0.5) is 5.69 Å². The fourth-order valence-corrected chi connectivity index (χ4v) is 3.64. The number of hydrogen-bond donors (Lipinski definition) is 1. The van der Waals surface area contributed by atoms with Gasteiger partial charge in [0.1, 0.15) is 23.5 Å². The number of nitro benzene ring substituents is 1. The molecule has 148 valence electrons. The summed E-state index contributed by atoms with van der Waals surface area (Å²) in [4.78, 5) is 49.1. The zero-order valence-corrected chi connectivity index (χ0v) is 15.5. The summed E-state index contributed by atoms with van der Waals surface area (Å²) in [6, 6.07) is 10.3. The maximum atomic E-state index is 12.7. The van der Waals surface area contributed by atoms with Crippen molar-refractivity contribution in [2.45, 2.75) is 25.5 Å². The van der Waals surface area contributed by atoms with Gasteiger partial charge in [0.05, 0.1) is 17.0 Å². The summed E-state index contributed by atoms with van der Waals surface area (Å²) in [5, 5.41) is 13.9. The maximum absolute atomic E-state index is 12.7. The van der Waals surface area contributed by atoms with Crippen molar-refractivity contribution in [3.05, 3.63) is 69.3 Å². The summed E-state index contributed by atoms with van der Waals surface area (Å²) in [5.74, 6) is -1.33. The van der Waals surface area contributed by atoms with Crippen LogP contribution < -0.4 is 10.1 Å².